The van der Waals surface area contributed by atoms with Crippen molar-refractivity contribution in [2.24, 2.45) is 0 Å². The molecule has 0 radical (unpaired) electrons. The molecule has 0 bridgehead atoms. The van der Waals surface area contributed by atoms with Gasteiger partial charge in [0.1, 0.15) is 4.88 Å². The molecule has 0 N–H and O–H groups in total. The number of fused-ring (bicyclic) bond motifs is 1. The first-order chi connectivity index (χ1) is 13.2. The summed E-state index contributed by atoms with van der Waals surface area (Å²) in [6.45, 7) is 5.76. The van der Waals surface area contributed by atoms with Crippen molar-refractivity contribution in [3.05, 3.63) is 17.0 Å². The summed E-state index contributed by atoms with van der Waals surface area (Å²) >= 11 is 3.13. The second-order valence-electron chi connectivity index (χ2n) is 7.07. The van der Waals surface area contributed by atoms with Crippen molar-refractivity contribution in [1.82, 2.24) is 0 Å². The lowest BCUT2D eigenvalue weighted by Crippen LogP contribution is -2.04. The molecule has 3 nitrogen and oxygen atoms in total. The molecule has 0 saturated heterocycles. The number of ether oxygens (including phenoxy) is 2. The van der Waals surface area contributed by atoms with E-state index < -0.39 is 0 Å². The Hall–Kier alpha value is -1.07. The number of esters is 1. The Kier molecular flexibility index (Phi) is 10.8. The monoisotopic (exact) mass is 410 g/mol. The highest BCUT2D eigenvalue weighted by Gasteiger charge is 2.14. The van der Waals surface area contributed by atoms with Gasteiger partial charge in [0.25, 0.3) is 0 Å². The molecule has 2 aromatic heterocycles. The first-order valence-electron chi connectivity index (χ1n) is 10.6. The summed E-state index contributed by atoms with van der Waals surface area (Å²) in [5.41, 5.74) is 0. The standard InChI is InChI=1S/C22H34O3S2/c1-3-5-7-9-10-11-13-15-25-22(23)20-16-18-19(26-20)17-21(27-18)24-14-12-8-6-4-2/h16-17H,3-15H2,1-2H3. The number of thiophene rings is 2. The Bertz CT molecular complexity index is 628. The molecular weight excluding hydrogens is 376 g/mol. The maximum absolute atomic E-state index is 12.2. The van der Waals surface area contributed by atoms with E-state index in [1.807, 2.05) is 6.07 Å². The van der Waals surface area contributed by atoms with Gasteiger partial charge in [-0.25, -0.2) is 4.79 Å². The molecule has 2 rings (SSSR count). The van der Waals surface area contributed by atoms with Crippen LogP contribution in [0.5, 0.6) is 5.06 Å². The van der Waals surface area contributed by atoms with Crippen molar-refractivity contribution in [3.63, 3.8) is 0 Å². The van der Waals surface area contributed by atoms with Gasteiger partial charge in [0, 0.05) is 15.5 Å². The second kappa shape index (κ2) is 13.2. The van der Waals surface area contributed by atoms with Gasteiger partial charge in [-0.15, -0.1) is 11.3 Å². The van der Waals surface area contributed by atoms with Gasteiger partial charge in [-0.1, -0.05) is 83.0 Å². The lowest BCUT2D eigenvalue weighted by molar-refractivity contribution is 0.0503. The minimum atomic E-state index is -0.184. The lowest BCUT2D eigenvalue weighted by Gasteiger charge is -2.03. The zero-order valence-electron chi connectivity index (χ0n) is 16.9. The van der Waals surface area contributed by atoms with Gasteiger partial charge in [0.2, 0.25) is 0 Å². The zero-order chi connectivity index (χ0) is 19.3. The average Bonchev–Trinajstić information content (AvgIpc) is 3.22. The van der Waals surface area contributed by atoms with Crippen molar-refractivity contribution in [3.8, 4) is 5.06 Å². The summed E-state index contributed by atoms with van der Waals surface area (Å²) in [5.74, 6) is -0.184. The van der Waals surface area contributed by atoms with Crippen LogP contribution in [0.25, 0.3) is 9.40 Å². The van der Waals surface area contributed by atoms with Crippen LogP contribution in [0.1, 0.15) is 94.1 Å². The molecule has 0 aliphatic rings. The van der Waals surface area contributed by atoms with E-state index in [-0.39, 0.29) is 5.97 Å². The topological polar surface area (TPSA) is 35.5 Å². The molecule has 0 aromatic carbocycles. The normalized spacial score (nSPS) is 11.2. The Morgan fingerprint density at radius 2 is 1.37 bits per heavy atom. The number of rotatable bonds is 15. The van der Waals surface area contributed by atoms with Gasteiger partial charge >= 0.3 is 5.97 Å². The molecule has 0 amide bonds. The first-order valence-corrected chi connectivity index (χ1v) is 12.2. The lowest BCUT2D eigenvalue weighted by atomic mass is 10.1. The number of hydrogen-bond donors (Lipinski definition) is 0. The molecule has 152 valence electrons. The minimum Gasteiger partial charge on any atom is -0.484 e. The molecule has 0 fully saturated rings. The number of unbranched alkanes of at least 4 members (excludes halogenated alkanes) is 9. The van der Waals surface area contributed by atoms with Gasteiger partial charge in [0.05, 0.1) is 13.2 Å². The van der Waals surface area contributed by atoms with E-state index in [0.717, 1.165) is 40.3 Å². The van der Waals surface area contributed by atoms with E-state index in [1.54, 1.807) is 11.3 Å². The van der Waals surface area contributed by atoms with Gasteiger partial charge in [-0.05, 0) is 18.9 Å². The second-order valence-corrected chi connectivity index (χ2v) is 9.20. The van der Waals surface area contributed by atoms with Crippen LogP contribution >= 0.6 is 22.7 Å². The highest BCUT2D eigenvalue weighted by Crippen LogP contribution is 2.37. The van der Waals surface area contributed by atoms with Crippen molar-refractivity contribution in [2.75, 3.05) is 13.2 Å². The summed E-state index contributed by atoms with van der Waals surface area (Å²) in [7, 11) is 0. The molecule has 0 unspecified atom stereocenters. The van der Waals surface area contributed by atoms with Crippen LogP contribution in [0.3, 0.4) is 0 Å². The van der Waals surface area contributed by atoms with Crippen molar-refractivity contribution in [1.29, 1.82) is 0 Å². The molecule has 2 aromatic rings. The third kappa shape index (κ3) is 8.22. The van der Waals surface area contributed by atoms with E-state index in [9.17, 15) is 4.79 Å². The zero-order valence-corrected chi connectivity index (χ0v) is 18.5. The fourth-order valence-electron chi connectivity index (χ4n) is 2.98. The van der Waals surface area contributed by atoms with E-state index in [0.29, 0.717) is 11.5 Å². The van der Waals surface area contributed by atoms with E-state index >= 15 is 0 Å². The summed E-state index contributed by atoms with van der Waals surface area (Å²) < 4.78 is 13.5. The van der Waals surface area contributed by atoms with Gasteiger partial charge < -0.3 is 9.47 Å². The summed E-state index contributed by atoms with van der Waals surface area (Å²) in [6.07, 6.45) is 13.4. The summed E-state index contributed by atoms with van der Waals surface area (Å²) in [5, 5.41) is 0.954. The molecule has 0 aliphatic carbocycles. The van der Waals surface area contributed by atoms with Crippen LogP contribution in [0.4, 0.5) is 0 Å². The van der Waals surface area contributed by atoms with Gasteiger partial charge in [-0.2, -0.15) is 0 Å². The van der Waals surface area contributed by atoms with Crippen LogP contribution < -0.4 is 4.74 Å². The van der Waals surface area contributed by atoms with Crippen LogP contribution in [0.2, 0.25) is 0 Å². The third-order valence-electron chi connectivity index (χ3n) is 4.61. The smallest absolute Gasteiger partial charge is 0.348 e. The maximum atomic E-state index is 12.2. The third-order valence-corrected chi connectivity index (χ3v) is 6.79. The average molecular weight is 411 g/mol. The van der Waals surface area contributed by atoms with Crippen LogP contribution in [0.15, 0.2) is 12.1 Å². The Labute approximate surface area is 172 Å². The quantitative estimate of drug-likeness (QED) is 0.222. The maximum Gasteiger partial charge on any atom is 0.348 e. The SMILES string of the molecule is CCCCCCCCCOC(=O)c1cc2sc(OCCCCCC)cc2s1. The van der Waals surface area contributed by atoms with E-state index in [4.69, 9.17) is 9.47 Å². The number of carbonyl (C=O) groups is 1. The predicted molar refractivity (Wildman–Crippen MR) is 118 cm³/mol. The minimum absolute atomic E-state index is 0.184. The Balaban J connectivity index is 1.65. The first kappa shape index (κ1) is 22.2. The molecule has 2 heterocycles. The van der Waals surface area contributed by atoms with Crippen molar-refractivity contribution >= 4 is 38.0 Å². The van der Waals surface area contributed by atoms with E-state index in [1.165, 1.54) is 62.7 Å². The Morgan fingerprint density at radius 1 is 0.778 bits per heavy atom. The molecule has 0 saturated carbocycles. The predicted octanol–water partition coefficient (Wildman–Crippen LogP) is 7.83. The van der Waals surface area contributed by atoms with Crippen LogP contribution in [-0.4, -0.2) is 19.2 Å². The molecule has 27 heavy (non-hydrogen) atoms. The molecule has 0 aliphatic heterocycles. The summed E-state index contributed by atoms with van der Waals surface area (Å²) in [4.78, 5) is 12.9. The van der Waals surface area contributed by atoms with E-state index in [2.05, 4.69) is 19.9 Å². The van der Waals surface area contributed by atoms with Crippen molar-refractivity contribution in [2.45, 2.75) is 84.5 Å². The van der Waals surface area contributed by atoms with Crippen LogP contribution in [0, 0.1) is 0 Å². The van der Waals surface area contributed by atoms with Crippen LogP contribution in [-0.2, 0) is 4.74 Å². The number of hydrogen-bond acceptors (Lipinski definition) is 5. The molecule has 5 heteroatoms. The largest absolute Gasteiger partial charge is 0.484 e. The Morgan fingerprint density at radius 3 is 2.07 bits per heavy atom. The highest BCUT2D eigenvalue weighted by molar-refractivity contribution is 7.29. The fourth-order valence-corrected chi connectivity index (χ4v) is 5.13. The highest BCUT2D eigenvalue weighted by atomic mass is 32.1. The van der Waals surface area contributed by atoms with Crippen molar-refractivity contribution < 1.29 is 14.3 Å². The molecular formula is C22H34O3S2. The van der Waals surface area contributed by atoms with Gasteiger partial charge in [-0.3, -0.25) is 0 Å². The molecule has 0 atom stereocenters. The fraction of sp³-hybridized carbons (Fsp3) is 0.682. The van der Waals surface area contributed by atoms with Gasteiger partial charge in [0.15, 0.2) is 5.06 Å². The molecule has 0 spiro atoms. The summed E-state index contributed by atoms with van der Waals surface area (Å²) in [6, 6.07) is 4.00. The number of carbonyl (C=O) groups excluding carboxylic acids is 1.